The summed E-state index contributed by atoms with van der Waals surface area (Å²) in [6.07, 6.45) is -8.05. The zero-order valence-electron chi connectivity index (χ0n) is 21.4. The molecule has 220 valence electrons. The molecule has 3 amide bonds. The summed E-state index contributed by atoms with van der Waals surface area (Å²) in [7, 11) is 1.57. The molecule has 40 heavy (non-hydrogen) atoms. The standard InChI is InChI=1S/C21H26F3N7O2.C2HF3O2/c1-14-17(4-3-16(28-14)19(32)25-2)31-9-7-30(8-10-31)12-15-5-6-26-18(11-15)29-20(33)27-13-21(22,23)24;3-2(4,5)1(6)7/h3-6,11H,7-10,12-13H2,1-2H3,(H,25,32)(H2,26,27,29,33);(H,6,7). The topological polar surface area (TPSA) is 140 Å². The number of nitrogens with zero attached hydrogens (tertiary/aromatic N) is 4. The molecule has 3 rings (SSSR count). The molecule has 1 aliphatic heterocycles. The summed E-state index contributed by atoms with van der Waals surface area (Å²) < 4.78 is 68.4. The van der Waals surface area contributed by atoms with Crippen LogP contribution in [0.2, 0.25) is 0 Å². The van der Waals surface area contributed by atoms with Gasteiger partial charge in [0.05, 0.1) is 11.4 Å². The highest BCUT2D eigenvalue weighted by Gasteiger charge is 2.38. The number of halogens is 6. The van der Waals surface area contributed by atoms with Gasteiger partial charge in [-0.15, -0.1) is 0 Å². The molecule has 3 heterocycles. The van der Waals surface area contributed by atoms with E-state index in [0.29, 0.717) is 12.2 Å². The first kappa shape index (κ1) is 32.1. The first-order chi connectivity index (χ1) is 18.6. The average Bonchev–Trinajstić information content (AvgIpc) is 2.87. The van der Waals surface area contributed by atoms with E-state index in [1.165, 1.54) is 6.20 Å². The van der Waals surface area contributed by atoms with Gasteiger partial charge in [-0.2, -0.15) is 26.3 Å². The van der Waals surface area contributed by atoms with Gasteiger partial charge in [-0.1, -0.05) is 0 Å². The summed E-state index contributed by atoms with van der Waals surface area (Å²) in [5, 5.41) is 13.8. The van der Waals surface area contributed by atoms with Crippen LogP contribution < -0.4 is 20.9 Å². The van der Waals surface area contributed by atoms with Gasteiger partial charge in [-0.05, 0) is 36.8 Å². The maximum atomic E-state index is 12.2. The zero-order chi connectivity index (χ0) is 30.1. The fourth-order valence-electron chi connectivity index (χ4n) is 3.53. The molecular weight excluding hydrogens is 552 g/mol. The van der Waals surface area contributed by atoms with E-state index in [-0.39, 0.29) is 11.7 Å². The van der Waals surface area contributed by atoms with Crippen LogP contribution in [0.15, 0.2) is 30.5 Å². The van der Waals surface area contributed by atoms with E-state index in [9.17, 15) is 35.9 Å². The van der Waals surface area contributed by atoms with Crippen molar-refractivity contribution in [2.24, 2.45) is 0 Å². The Morgan fingerprint density at radius 2 is 1.65 bits per heavy atom. The number of pyridine rings is 2. The number of nitrogens with one attached hydrogen (secondary N) is 3. The molecule has 0 aromatic carbocycles. The number of carbonyl (C=O) groups excluding carboxylic acids is 2. The second-order valence-corrected chi connectivity index (χ2v) is 8.42. The Balaban J connectivity index is 0.000000708. The summed E-state index contributed by atoms with van der Waals surface area (Å²) in [6, 6.07) is 6.11. The molecule has 2 aromatic rings. The Kier molecular flexibility index (Phi) is 11.0. The van der Waals surface area contributed by atoms with Gasteiger partial charge < -0.3 is 20.6 Å². The minimum atomic E-state index is -5.08. The Labute approximate surface area is 224 Å². The summed E-state index contributed by atoms with van der Waals surface area (Å²) >= 11 is 0. The van der Waals surface area contributed by atoms with E-state index >= 15 is 0 Å². The largest absolute Gasteiger partial charge is 0.490 e. The van der Waals surface area contributed by atoms with Gasteiger partial charge in [0.1, 0.15) is 18.1 Å². The lowest BCUT2D eigenvalue weighted by atomic mass is 10.2. The molecule has 4 N–H and O–H groups in total. The number of carbonyl (C=O) groups is 3. The number of alkyl halides is 6. The fraction of sp³-hybridized carbons (Fsp3) is 0.435. The van der Waals surface area contributed by atoms with Gasteiger partial charge in [0, 0.05) is 46.0 Å². The highest BCUT2D eigenvalue weighted by atomic mass is 19.4. The van der Waals surface area contributed by atoms with E-state index < -0.39 is 30.9 Å². The van der Waals surface area contributed by atoms with Crippen molar-refractivity contribution < 1.29 is 45.8 Å². The second kappa shape index (κ2) is 13.8. The van der Waals surface area contributed by atoms with Crippen molar-refractivity contribution >= 4 is 29.4 Å². The SMILES string of the molecule is CNC(=O)c1ccc(N2CCN(Cc3ccnc(NC(=O)NCC(F)(F)F)c3)CC2)c(C)n1.O=C(O)C(F)(F)F. The quantitative estimate of drug-likeness (QED) is 0.383. The van der Waals surface area contributed by atoms with Crippen molar-refractivity contribution in [3.63, 3.8) is 0 Å². The number of carboxylic acid groups (broad SMARTS) is 1. The fourth-order valence-corrected chi connectivity index (χ4v) is 3.53. The number of amides is 3. The van der Waals surface area contributed by atoms with Crippen LogP contribution in [0.3, 0.4) is 0 Å². The number of piperazine rings is 1. The molecule has 0 aliphatic carbocycles. The molecule has 0 bridgehead atoms. The highest BCUT2D eigenvalue weighted by Crippen LogP contribution is 2.21. The number of aliphatic carboxylic acids is 1. The van der Waals surface area contributed by atoms with Crippen LogP contribution in [-0.4, -0.2) is 90.0 Å². The molecular formula is C23H27F6N7O4. The van der Waals surface area contributed by atoms with Gasteiger partial charge in [-0.25, -0.2) is 19.6 Å². The number of hydrogen-bond acceptors (Lipinski definition) is 7. The molecule has 2 aromatic heterocycles. The number of anilines is 2. The molecule has 0 saturated carbocycles. The third-order valence-corrected chi connectivity index (χ3v) is 5.39. The summed E-state index contributed by atoms with van der Waals surface area (Å²) in [5.74, 6) is -2.80. The maximum absolute atomic E-state index is 12.2. The summed E-state index contributed by atoms with van der Waals surface area (Å²) in [5.41, 5.74) is 3.05. The number of rotatable bonds is 6. The second-order valence-electron chi connectivity index (χ2n) is 8.42. The number of carboxylic acids is 1. The first-order valence-electron chi connectivity index (χ1n) is 11.6. The molecule has 11 nitrogen and oxygen atoms in total. The van der Waals surface area contributed by atoms with E-state index in [1.807, 2.05) is 13.0 Å². The van der Waals surface area contributed by atoms with Gasteiger partial charge in [-0.3, -0.25) is 15.0 Å². The van der Waals surface area contributed by atoms with Crippen LogP contribution in [0.4, 0.5) is 42.6 Å². The smallest absolute Gasteiger partial charge is 0.475 e. The van der Waals surface area contributed by atoms with Crippen LogP contribution in [0, 0.1) is 6.92 Å². The van der Waals surface area contributed by atoms with E-state index in [1.54, 1.807) is 30.6 Å². The number of aryl methyl sites for hydroxylation is 1. The van der Waals surface area contributed by atoms with Crippen molar-refractivity contribution in [3.05, 3.63) is 47.4 Å². The Bertz CT molecular complexity index is 1190. The average molecular weight is 580 g/mol. The van der Waals surface area contributed by atoms with Crippen molar-refractivity contribution in [1.29, 1.82) is 0 Å². The Morgan fingerprint density at radius 1 is 1.02 bits per heavy atom. The number of hydrogen-bond donors (Lipinski definition) is 4. The maximum Gasteiger partial charge on any atom is 0.490 e. The highest BCUT2D eigenvalue weighted by molar-refractivity contribution is 5.92. The molecule has 1 aliphatic rings. The third-order valence-electron chi connectivity index (χ3n) is 5.39. The van der Waals surface area contributed by atoms with Gasteiger partial charge in [0.25, 0.3) is 5.91 Å². The Morgan fingerprint density at radius 3 is 2.17 bits per heavy atom. The van der Waals surface area contributed by atoms with Gasteiger partial charge in [0.15, 0.2) is 0 Å². The molecule has 0 atom stereocenters. The molecule has 17 heteroatoms. The van der Waals surface area contributed by atoms with Gasteiger partial charge >= 0.3 is 24.4 Å². The zero-order valence-corrected chi connectivity index (χ0v) is 21.4. The molecule has 0 unspecified atom stereocenters. The van der Waals surface area contributed by atoms with Crippen molar-refractivity contribution in [2.45, 2.75) is 25.8 Å². The van der Waals surface area contributed by atoms with E-state index in [0.717, 1.165) is 43.1 Å². The van der Waals surface area contributed by atoms with Crippen molar-refractivity contribution in [2.75, 3.05) is 50.0 Å². The summed E-state index contributed by atoms with van der Waals surface area (Å²) in [6.45, 7) is 4.20. The minimum absolute atomic E-state index is 0.184. The van der Waals surface area contributed by atoms with Crippen molar-refractivity contribution in [3.8, 4) is 0 Å². The van der Waals surface area contributed by atoms with Crippen LogP contribution in [-0.2, 0) is 11.3 Å². The first-order valence-corrected chi connectivity index (χ1v) is 11.6. The molecule has 0 radical (unpaired) electrons. The number of aromatic nitrogens is 2. The molecule has 1 saturated heterocycles. The molecule has 0 spiro atoms. The van der Waals surface area contributed by atoms with Crippen LogP contribution in [0.5, 0.6) is 0 Å². The van der Waals surface area contributed by atoms with Crippen molar-refractivity contribution in [1.82, 2.24) is 25.5 Å². The molecule has 1 fully saturated rings. The third kappa shape index (κ3) is 10.5. The lowest BCUT2D eigenvalue weighted by Gasteiger charge is -2.36. The summed E-state index contributed by atoms with van der Waals surface area (Å²) in [4.78, 5) is 45.1. The predicted octanol–water partition coefficient (Wildman–Crippen LogP) is 2.78. The van der Waals surface area contributed by atoms with Crippen LogP contribution >= 0.6 is 0 Å². The number of urea groups is 1. The normalized spacial score (nSPS) is 14.1. The van der Waals surface area contributed by atoms with E-state index in [2.05, 4.69) is 30.4 Å². The monoisotopic (exact) mass is 579 g/mol. The van der Waals surface area contributed by atoms with Crippen LogP contribution in [0.1, 0.15) is 21.7 Å². The lowest BCUT2D eigenvalue weighted by Crippen LogP contribution is -2.46. The minimum Gasteiger partial charge on any atom is -0.475 e. The Hall–Kier alpha value is -4.15. The predicted molar refractivity (Wildman–Crippen MR) is 131 cm³/mol. The lowest BCUT2D eigenvalue weighted by molar-refractivity contribution is -0.192. The van der Waals surface area contributed by atoms with Crippen LogP contribution in [0.25, 0.3) is 0 Å². The van der Waals surface area contributed by atoms with Gasteiger partial charge in [0.2, 0.25) is 0 Å². The van der Waals surface area contributed by atoms with E-state index in [4.69, 9.17) is 9.90 Å².